The zero-order chi connectivity index (χ0) is 15.5. The Morgan fingerprint density at radius 3 is 2.27 bits per heavy atom. The highest BCUT2D eigenvalue weighted by Gasteiger charge is 2.13. The van der Waals surface area contributed by atoms with Crippen LogP contribution in [-0.2, 0) is 0 Å². The molecule has 1 aromatic heterocycles. The van der Waals surface area contributed by atoms with Crippen LogP contribution in [0.15, 0.2) is 47.0 Å². The van der Waals surface area contributed by atoms with E-state index in [1.165, 1.54) is 12.1 Å². The molecule has 0 unspecified atom stereocenters. The second-order valence-electron chi connectivity index (χ2n) is 4.50. The first-order valence-corrected chi connectivity index (χ1v) is 6.53. The molecule has 0 saturated heterocycles. The lowest BCUT2D eigenvalue weighted by molar-refractivity contribution is 0.355. The Balaban J connectivity index is 1.95. The van der Waals surface area contributed by atoms with Crippen molar-refractivity contribution in [1.82, 2.24) is 10.1 Å². The van der Waals surface area contributed by atoms with Gasteiger partial charge in [0.05, 0.1) is 14.2 Å². The molecule has 3 rings (SSSR count). The Morgan fingerprint density at radius 2 is 1.59 bits per heavy atom. The average Bonchev–Trinajstić information content (AvgIpc) is 3.05. The zero-order valence-electron chi connectivity index (χ0n) is 12.0. The molecule has 0 fully saturated rings. The lowest BCUT2D eigenvalue weighted by Gasteiger charge is -2.07. The van der Waals surface area contributed by atoms with Gasteiger partial charge in [-0.05, 0) is 42.5 Å². The molecule has 0 radical (unpaired) electrons. The molecule has 6 heteroatoms. The standard InChI is InChI=1S/C16H13FN2O3/c1-20-13-8-5-11(9-14(13)21-2)15-18-16(22-19-15)10-3-6-12(17)7-4-10/h3-9H,1-2H3. The smallest absolute Gasteiger partial charge is 0.258 e. The number of benzene rings is 2. The quantitative estimate of drug-likeness (QED) is 0.737. The lowest BCUT2D eigenvalue weighted by Crippen LogP contribution is -1.91. The van der Waals surface area contributed by atoms with E-state index in [0.717, 1.165) is 5.56 Å². The summed E-state index contributed by atoms with van der Waals surface area (Å²) in [4.78, 5) is 4.31. The van der Waals surface area contributed by atoms with Gasteiger partial charge in [0.25, 0.3) is 5.89 Å². The van der Waals surface area contributed by atoms with Gasteiger partial charge in [-0.2, -0.15) is 4.98 Å². The van der Waals surface area contributed by atoms with Crippen LogP contribution in [0.5, 0.6) is 11.5 Å². The summed E-state index contributed by atoms with van der Waals surface area (Å²) in [7, 11) is 3.13. The normalized spacial score (nSPS) is 10.5. The number of ether oxygens (including phenoxy) is 2. The highest BCUT2D eigenvalue weighted by atomic mass is 19.1. The Bertz CT molecular complexity index is 784. The van der Waals surface area contributed by atoms with Gasteiger partial charge in [0.15, 0.2) is 11.5 Å². The van der Waals surface area contributed by atoms with Crippen LogP contribution in [0.2, 0.25) is 0 Å². The fourth-order valence-corrected chi connectivity index (χ4v) is 2.03. The second-order valence-corrected chi connectivity index (χ2v) is 4.50. The third-order valence-corrected chi connectivity index (χ3v) is 3.16. The van der Waals surface area contributed by atoms with E-state index in [9.17, 15) is 4.39 Å². The minimum Gasteiger partial charge on any atom is -0.493 e. The Morgan fingerprint density at radius 1 is 0.909 bits per heavy atom. The van der Waals surface area contributed by atoms with Crippen LogP contribution in [0.3, 0.4) is 0 Å². The van der Waals surface area contributed by atoms with Crippen LogP contribution >= 0.6 is 0 Å². The minimum atomic E-state index is -0.316. The summed E-state index contributed by atoms with van der Waals surface area (Å²) in [6.45, 7) is 0. The molecule has 0 N–H and O–H groups in total. The molecule has 1 heterocycles. The maximum absolute atomic E-state index is 12.9. The number of halogens is 1. The summed E-state index contributed by atoms with van der Waals surface area (Å²) >= 11 is 0. The van der Waals surface area contributed by atoms with E-state index < -0.39 is 0 Å². The van der Waals surface area contributed by atoms with E-state index in [-0.39, 0.29) is 5.82 Å². The molecule has 3 aromatic rings. The van der Waals surface area contributed by atoms with Crippen LogP contribution < -0.4 is 9.47 Å². The van der Waals surface area contributed by atoms with Crippen LogP contribution in [0.25, 0.3) is 22.8 Å². The number of rotatable bonds is 4. The van der Waals surface area contributed by atoms with Gasteiger partial charge < -0.3 is 14.0 Å². The molecule has 0 aliphatic rings. The topological polar surface area (TPSA) is 57.4 Å². The summed E-state index contributed by atoms with van der Waals surface area (Å²) in [5.74, 6) is 1.62. The van der Waals surface area contributed by atoms with Crippen LogP contribution in [-0.4, -0.2) is 24.4 Å². The third kappa shape index (κ3) is 2.63. The predicted molar refractivity (Wildman–Crippen MR) is 78.2 cm³/mol. The van der Waals surface area contributed by atoms with Crippen molar-refractivity contribution in [3.63, 3.8) is 0 Å². The Labute approximate surface area is 126 Å². The predicted octanol–water partition coefficient (Wildman–Crippen LogP) is 3.56. The van der Waals surface area contributed by atoms with Gasteiger partial charge in [-0.3, -0.25) is 0 Å². The number of nitrogens with zero attached hydrogens (tertiary/aromatic N) is 2. The fourth-order valence-electron chi connectivity index (χ4n) is 2.03. The Hall–Kier alpha value is -2.89. The van der Waals surface area contributed by atoms with Crippen molar-refractivity contribution in [2.75, 3.05) is 14.2 Å². The number of aromatic nitrogens is 2. The fraction of sp³-hybridized carbons (Fsp3) is 0.125. The van der Waals surface area contributed by atoms with Gasteiger partial charge in [0.1, 0.15) is 5.82 Å². The van der Waals surface area contributed by atoms with Gasteiger partial charge in [-0.15, -0.1) is 0 Å². The van der Waals surface area contributed by atoms with Crippen molar-refractivity contribution >= 4 is 0 Å². The van der Waals surface area contributed by atoms with Crippen molar-refractivity contribution < 1.29 is 18.4 Å². The van der Waals surface area contributed by atoms with Crippen molar-refractivity contribution in [3.8, 4) is 34.3 Å². The van der Waals surface area contributed by atoms with Gasteiger partial charge >= 0.3 is 0 Å². The minimum absolute atomic E-state index is 0.316. The monoisotopic (exact) mass is 300 g/mol. The number of hydrogen-bond acceptors (Lipinski definition) is 5. The van der Waals surface area contributed by atoms with Gasteiger partial charge in [-0.25, -0.2) is 4.39 Å². The molecule has 0 atom stereocenters. The molecule has 22 heavy (non-hydrogen) atoms. The van der Waals surface area contributed by atoms with Crippen molar-refractivity contribution in [2.45, 2.75) is 0 Å². The maximum Gasteiger partial charge on any atom is 0.258 e. The number of hydrogen-bond donors (Lipinski definition) is 0. The summed E-state index contributed by atoms with van der Waals surface area (Å²) in [6.07, 6.45) is 0. The van der Waals surface area contributed by atoms with Crippen molar-refractivity contribution in [1.29, 1.82) is 0 Å². The molecular formula is C16H13FN2O3. The molecule has 2 aromatic carbocycles. The second kappa shape index (κ2) is 5.85. The lowest BCUT2D eigenvalue weighted by atomic mass is 10.2. The molecule has 0 saturated carbocycles. The van der Waals surface area contributed by atoms with Crippen molar-refractivity contribution in [2.24, 2.45) is 0 Å². The van der Waals surface area contributed by atoms with Gasteiger partial charge in [0.2, 0.25) is 5.82 Å². The molecular weight excluding hydrogens is 287 g/mol. The average molecular weight is 300 g/mol. The molecule has 0 bridgehead atoms. The molecule has 0 spiro atoms. The summed E-state index contributed by atoms with van der Waals surface area (Å²) in [5, 5.41) is 3.94. The summed E-state index contributed by atoms with van der Waals surface area (Å²) in [5.41, 5.74) is 1.38. The van der Waals surface area contributed by atoms with E-state index in [1.54, 1.807) is 44.6 Å². The highest BCUT2D eigenvalue weighted by molar-refractivity contribution is 5.63. The molecule has 5 nitrogen and oxygen atoms in total. The third-order valence-electron chi connectivity index (χ3n) is 3.16. The van der Waals surface area contributed by atoms with E-state index >= 15 is 0 Å². The summed E-state index contributed by atoms with van der Waals surface area (Å²) in [6, 6.07) is 11.2. The molecule has 0 amide bonds. The van der Waals surface area contributed by atoms with E-state index in [0.29, 0.717) is 28.8 Å². The SMILES string of the molecule is COc1ccc(-c2noc(-c3ccc(F)cc3)n2)cc1OC. The summed E-state index contributed by atoms with van der Waals surface area (Å²) < 4.78 is 28.6. The Kier molecular flexibility index (Phi) is 3.74. The first-order chi connectivity index (χ1) is 10.7. The van der Waals surface area contributed by atoms with E-state index in [2.05, 4.69) is 10.1 Å². The van der Waals surface area contributed by atoms with Crippen LogP contribution in [0.4, 0.5) is 4.39 Å². The van der Waals surface area contributed by atoms with Crippen LogP contribution in [0, 0.1) is 5.82 Å². The molecule has 0 aliphatic heterocycles. The zero-order valence-corrected chi connectivity index (χ0v) is 12.0. The van der Waals surface area contributed by atoms with Crippen molar-refractivity contribution in [3.05, 3.63) is 48.3 Å². The van der Waals surface area contributed by atoms with Crippen LogP contribution in [0.1, 0.15) is 0 Å². The molecule has 112 valence electrons. The number of methoxy groups -OCH3 is 2. The van der Waals surface area contributed by atoms with Gasteiger partial charge in [0, 0.05) is 11.1 Å². The highest BCUT2D eigenvalue weighted by Crippen LogP contribution is 2.31. The first kappa shape index (κ1) is 14.1. The largest absolute Gasteiger partial charge is 0.493 e. The molecule has 0 aliphatic carbocycles. The maximum atomic E-state index is 12.9. The first-order valence-electron chi connectivity index (χ1n) is 6.53. The van der Waals surface area contributed by atoms with E-state index in [4.69, 9.17) is 14.0 Å². The van der Waals surface area contributed by atoms with Gasteiger partial charge in [-0.1, -0.05) is 5.16 Å². The van der Waals surface area contributed by atoms with E-state index in [1.807, 2.05) is 0 Å².